The maximum Gasteiger partial charge on any atom is 0.354 e. The average Bonchev–Trinajstić information content (AvgIpc) is 3.49. The van der Waals surface area contributed by atoms with Gasteiger partial charge in [-0.05, 0) is 55.5 Å². The van der Waals surface area contributed by atoms with E-state index in [1.165, 1.54) is 12.8 Å². The number of esters is 1. The van der Waals surface area contributed by atoms with Gasteiger partial charge < -0.3 is 14.8 Å². The normalized spacial score (nSPS) is 17.9. The van der Waals surface area contributed by atoms with Crippen LogP contribution in [-0.4, -0.2) is 36.8 Å². The van der Waals surface area contributed by atoms with Gasteiger partial charge in [-0.2, -0.15) is 5.10 Å². The van der Waals surface area contributed by atoms with Crippen LogP contribution >= 0.6 is 0 Å². The fourth-order valence-corrected chi connectivity index (χ4v) is 3.46. The van der Waals surface area contributed by atoms with Gasteiger partial charge in [0.05, 0.1) is 18.9 Å². The summed E-state index contributed by atoms with van der Waals surface area (Å²) in [5.74, 6) is -0.0145. The third kappa shape index (κ3) is 5.49. The molecule has 1 N–H and O–H groups in total. The van der Waals surface area contributed by atoms with Gasteiger partial charge in [-0.15, -0.1) is 0 Å². The van der Waals surface area contributed by atoms with Crippen LogP contribution in [0.3, 0.4) is 0 Å². The molecule has 4 rings (SSSR count). The van der Waals surface area contributed by atoms with E-state index in [1.807, 2.05) is 54.6 Å². The predicted octanol–water partition coefficient (Wildman–Crippen LogP) is 3.75. The molecule has 0 aromatic heterocycles. The largest absolute Gasteiger partial charge is 0.461 e. The number of carbonyl (C=O) groups excluding carboxylic acids is 2. The van der Waals surface area contributed by atoms with Crippen LogP contribution in [0.15, 0.2) is 59.7 Å². The summed E-state index contributed by atoms with van der Waals surface area (Å²) in [6.07, 6.45) is 2.69. The molecule has 2 aromatic carbocycles. The lowest BCUT2D eigenvalue weighted by Gasteiger charge is -2.22. The number of nitrogens with one attached hydrogen (secondary N) is 1. The molecule has 1 aliphatic carbocycles. The molecule has 1 fully saturated rings. The third-order valence-electron chi connectivity index (χ3n) is 5.26. The maximum atomic E-state index is 13.1. The van der Waals surface area contributed by atoms with Gasteiger partial charge in [0.2, 0.25) is 5.91 Å². The Bertz CT molecular complexity index is 956. The summed E-state index contributed by atoms with van der Waals surface area (Å²) < 4.78 is 10.8. The van der Waals surface area contributed by atoms with E-state index < -0.39 is 12.0 Å². The Labute approximate surface area is 182 Å². The third-order valence-corrected chi connectivity index (χ3v) is 5.26. The number of ether oxygens (including phenoxy) is 2. The zero-order chi connectivity index (χ0) is 21.6. The second-order valence-corrected chi connectivity index (χ2v) is 7.82. The number of hydrogen-bond donors (Lipinski definition) is 1. The summed E-state index contributed by atoms with van der Waals surface area (Å²) >= 11 is 0. The van der Waals surface area contributed by atoms with E-state index in [0.29, 0.717) is 18.2 Å². The lowest BCUT2D eigenvalue weighted by Crippen LogP contribution is -2.38. The Balaban J connectivity index is 1.45. The molecule has 0 bridgehead atoms. The standard InChI is InChI=1S/C24H27N3O4/c1-2-31-24(29)21-14-22(27(26-21)20-9-4-3-5-10-20)23(28)25-19-8-6-7-18(13-19)16-30-15-17-11-12-17/h3-10,13,17,22H,2,11-12,14-16H2,1H3,(H,25,28). The first-order valence-electron chi connectivity index (χ1n) is 10.7. The number of hydrazone groups is 1. The van der Waals surface area contributed by atoms with Crippen molar-refractivity contribution in [3.8, 4) is 0 Å². The molecule has 2 aromatic rings. The SMILES string of the molecule is CCOC(=O)C1=NN(c2ccccc2)C(C(=O)Nc2cccc(COCC3CC3)c2)C1. The number of amides is 1. The monoisotopic (exact) mass is 421 g/mol. The number of hydrogen-bond acceptors (Lipinski definition) is 6. The number of nitrogens with zero attached hydrogens (tertiary/aromatic N) is 2. The molecule has 0 saturated heterocycles. The van der Waals surface area contributed by atoms with Crippen LogP contribution in [0, 0.1) is 5.92 Å². The van der Waals surface area contributed by atoms with Gasteiger partial charge in [0.15, 0.2) is 0 Å². The quantitative estimate of drug-likeness (QED) is 0.624. The highest BCUT2D eigenvalue weighted by Gasteiger charge is 2.36. The fourth-order valence-electron chi connectivity index (χ4n) is 3.46. The van der Waals surface area contributed by atoms with Crippen molar-refractivity contribution in [1.82, 2.24) is 0 Å². The van der Waals surface area contributed by atoms with Crippen LogP contribution in [-0.2, 0) is 25.7 Å². The molecular weight excluding hydrogens is 394 g/mol. The maximum absolute atomic E-state index is 13.1. The van der Waals surface area contributed by atoms with Crippen LogP contribution in [0.2, 0.25) is 0 Å². The Morgan fingerprint density at radius 3 is 2.68 bits per heavy atom. The molecule has 1 amide bonds. The second-order valence-electron chi connectivity index (χ2n) is 7.82. The van der Waals surface area contributed by atoms with Crippen molar-refractivity contribution in [3.63, 3.8) is 0 Å². The van der Waals surface area contributed by atoms with E-state index in [-0.39, 0.29) is 24.6 Å². The van der Waals surface area contributed by atoms with Crippen molar-refractivity contribution in [3.05, 3.63) is 60.2 Å². The lowest BCUT2D eigenvalue weighted by atomic mass is 10.1. The van der Waals surface area contributed by atoms with Crippen molar-refractivity contribution in [1.29, 1.82) is 0 Å². The van der Waals surface area contributed by atoms with E-state index >= 15 is 0 Å². The molecule has 162 valence electrons. The van der Waals surface area contributed by atoms with Crippen molar-refractivity contribution in [2.75, 3.05) is 23.5 Å². The van der Waals surface area contributed by atoms with Crippen molar-refractivity contribution in [2.45, 2.75) is 38.8 Å². The molecule has 7 heteroatoms. The highest BCUT2D eigenvalue weighted by Crippen LogP contribution is 2.29. The van der Waals surface area contributed by atoms with Crippen LogP contribution in [0.5, 0.6) is 0 Å². The molecule has 1 atom stereocenters. The minimum Gasteiger partial charge on any atom is -0.461 e. The molecule has 31 heavy (non-hydrogen) atoms. The van der Waals surface area contributed by atoms with Crippen LogP contribution < -0.4 is 10.3 Å². The molecule has 7 nitrogen and oxygen atoms in total. The summed E-state index contributed by atoms with van der Waals surface area (Å²) in [6, 6.07) is 16.3. The van der Waals surface area contributed by atoms with Gasteiger partial charge in [0.25, 0.3) is 0 Å². The van der Waals surface area contributed by atoms with E-state index in [4.69, 9.17) is 9.47 Å². The summed E-state index contributed by atoms with van der Waals surface area (Å²) in [5.41, 5.74) is 2.68. The highest BCUT2D eigenvalue weighted by molar-refractivity contribution is 6.38. The van der Waals surface area contributed by atoms with Gasteiger partial charge >= 0.3 is 5.97 Å². The molecule has 0 spiro atoms. The molecule has 1 aliphatic heterocycles. The van der Waals surface area contributed by atoms with Crippen molar-refractivity contribution in [2.24, 2.45) is 11.0 Å². The van der Waals surface area contributed by atoms with Crippen LogP contribution in [0.1, 0.15) is 31.7 Å². The number of benzene rings is 2. The van der Waals surface area contributed by atoms with Gasteiger partial charge in [-0.3, -0.25) is 9.80 Å². The van der Waals surface area contributed by atoms with E-state index in [2.05, 4.69) is 10.4 Å². The Morgan fingerprint density at radius 1 is 1.13 bits per heavy atom. The van der Waals surface area contributed by atoms with E-state index in [0.717, 1.165) is 17.9 Å². The number of carbonyl (C=O) groups is 2. The summed E-state index contributed by atoms with van der Waals surface area (Å²) in [7, 11) is 0. The van der Waals surface area contributed by atoms with Gasteiger partial charge in [0, 0.05) is 18.7 Å². The van der Waals surface area contributed by atoms with Crippen molar-refractivity contribution >= 4 is 29.0 Å². The highest BCUT2D eigenvalue weighted by atomic mass is 16.5. The molecule has 1 saturated carbocycles. The minimum absolute atomic E-state index is 0.184. The van der Waals surface area contributed by atoms with E-state index in [1.54, 1.807) is 11.9 Å². The number of anilines is 2. The predicted molar refractivity (Wildman–Crippen MR) is 119 cm³/mol. The second kappa shape index (κ2) is 9.75. The topological polar surface area (TPSA) is 80.2 Å². The first-order valence-corrected chi connectivity index (χ1v) is 10.7. The van der Waals surface area contributed by atoms with Gasteiger partial charge in [0.1, 0.15) is 11.8 Å². The Hall–Kier alpha value is -3.19. The molecule has 2 aliphatic rings. The molecular formula is C24H27N3O4. The number of rotatable bonds is 9. The smallest absolute Gasteiger partial charge is 0.354 e. The first-order chi connectivity index (χ1) is 15.1. The zero-order valence-electron chi connectivity index (χ0n) is 17.6. The fraction of sp³-hybridized carbons (Fsp3) is 0.375. The minimum atomic E-state index is -0.642. The lowest BCUT2D eigenvalue weighted by molar-refractivity contribution is -0.135. The van der Waals surface area contributed by atoms with Crippen molar-refractivity contribution < 1.29 is 19.1 Å². The van der Waals surface area contributed by atoms with Gasteiger partial charge in [-0.25, -0.2) is 4.79 Å². The first kappa shape index (κ1) is 21.1. The number of para-hydroxylation sites is 1. The average molecular weight is 421 g/mol. The molecule has 1 unspecified atom stereocenters. The summed E-state index contributed by atoms with van der Waals surface area (Å²) in [6.45, 7) is 3.32. The Kier molecular flexibility index (Phi) is 6.62. The van der Waals surface area contributed by atoms with E-state index in [9.17, 15) is 9.59 Å². The van der Waals surface area contributed by atoms with Gasteiger partial charge in [-0.1, -0.05) is 30.3 Å². The molecule has 1 heterocycles. The zero-order valence-corrected chi connectivity index (χ0v) is 17.6. The summed E-state index contributed by atoms with van der Waals surface area (Å²) in [4.78, 5) is 25.4. The van der Waals surface area contributed by atoms with Crippen LogP contribution in [0.25, 0.3) is 0 Å². The Morgan fingerprint density at radius 2 is 1.94 bits per heavy atom. The summed E-state index contributed by atoms with van der Waals surface area (Å²) in [5, 5.41) is 8.95. The molecule has 0 radical (unpaired) electrons. The van der Waals surface area contributed by atoms with Crippen LogP contribution in [0.4, 0.5) is 11.4 Å².